The van der Waals surface area contributed by atoms with Crippen molar-refractivity contribution in [1.29, 1.82) is 0 Å². The fourth-order valence-corrected chi connectivity index (χ4v) is 2.80. The van der Waals surface area contributed by atoms with Gasteiger partial charge in [0.2, 0.25) is 5.91 Å². The number of carbonyl (C=O) groups excluding carboxylic acids is 2. The minimum atomic E-state index is -0.734. The molecule has 31 heavy (non-hydrogen) atoms. The Bertz CT molecular complexity index is 956. The number of amides is 2. The quantitative estimate of drug-likeness (QED) is 0.319. The zero-order valence-corrected chi connectivity index (χ0v) is 17.9. The smallest absolute Gasteiger partial charge is 0.271 e. The van der Waals surface area contributed by atoms with Gasteiger partial charge in [-0.15, -0.1) is 0 Å². The van der Waals surface area contributed by atoms with Crippen molar-refractivity contribution < 1.29 is 9.59 Å². The van der Waals surface area contributed by atoms with Gasteiger partial charge in [-0.2, -0.15) is 5.10 Å². The molecule has 1 unspecified atom stereocenters. The van der Waals surface area contributed by atoms with E-state index in [1.54, 1.807) is 36.5 Å². The van der Waals surface area contributed by atoms with Crippen LogP contribution in [0, 0.1) is 5.92 Å². The molecule has 6 N–H and O–H groups in total. The van der Waals surface area contributed by atoms with Gasteiger partial charge in [0.25, 0.3) is 5.91 Å². The molecule has 10 nitrogen and oxygen atoms in total. The van der Waals surface area contributed by atoms with E-state index >= 15 is 0 Å². The van der Waals surface area contributed by atoms with Crippen LogP contribution in [-0.4, -0.2) is 34.0 Å². The predicted molar refractivity (Wildman–Crippen MR) is 123 cm³/mol. The number of nitrogens with zero attached hydrogens (tertiary/aromatic N) is 4. The average Bonchev–Trinajstić information content (AvgIpc) is 2.72. The molecule has 2 amide bonds. The molecule has 1 aromatic heterocycles. The number of hydrogen-bond acceptors (Lipinski definition) is 8. The van der Waals surface area contributed by atoms with Crippen molar-refractivity contribution in [2.45, 2.75) is 33.2 Å². The molecule has 2 aromatic rings. The minimum Gasteiger partial charge on any atom is -0.368 e. The van der Waals surface area contributed by atoms with Crippen molar-refractivity contribution in [3.8, 4) is 0 Å². The zero-order valence-electron chi connectivity index (χ0n) is 17.9. The third kappa shape index (κ3) is 6.53. The summed E-state index contributed by atoms with van der Waals surface area (Å²) in [6, 6.07) is 6.60. The van der Waals surface area contributed by atoms with Gasteiger partial charge in [0, 0.05) is 18.1 Å². The number of carbonyl (C=O) groups is 2. The Kier molecular flexibility index (Phi) is 8.07. The van der Waals surface area contributed by atoms with E-state index in [0.717, 1.165) is 5.69 Å². The van der Waals surface area contributed by atoms with Crippen molar-refractivity contribution in [2.24, 2.45) is 22.5 Å². The molecule has 1 aromatic carbocycles. The number of rotatable bonds is 11. The van der Waals surface area contributed by atoms with Crippen LogP contribution in [0.4, 0.5) is 23.0 Å². The summed E-state index contributed by atoms with van der Waals surface area (Å²) < 4.78 is 0. The van der Waals surface area contributed by atoms with Crippen LogP contribution in [-0.2, 0) is 4.79 Å². The van der Waals surface area contributed by atoms with E-state index in [1.165, 1.54) is 6.20 Å². The maximum Gasteiger partial charge on any atom is 0.271 e. The van der Waals surface area contributed by atoms with Gasteiger partial charge in [-0.1, -0.05) is 20.4 Å². The third-order valence-corrected chi connectivity index (χ3v) is 4.19. The fourth-order valence-electron chi connectivity index (χ4n) is 2.80. The molecule has 10 heteroatoms. The molecule has 0 radical (unpaired) electrons. The molecule has 0 saturated heterocycles. The van der Waals surface area contributed by atoms with Crippen LogP contribution >= 0.6 is 0 Å². The van der Waals surface area contributed by atoms with Crippen LogP contribution in [0.1, 0.15) is 37.7 Å². The first kappa shape index (κ1) is 23.3. The standard InChI is InChI=1S/C21H28N8O2/c1-5-25-29(6-2)15-9-7-14(8-10-15)26-21-18(20(23)31)24-12-17(28-21)27-16(19(22)30)11-13(3)4/h5-10,12-13,16H,2,11H2,1,3-4H3,(H2,22,30)(H2,23,31)(H2,26,27,28). The zero-order chi connectivity index (χ0) is 23.0. The molecular formula is C21H28N8O2. The van der Waals surface area contributed by atoms with Crippen molar-refractivity contribution in [3.05, 3.63) is 48.9 Å². The van der Waals surface area contributed by atoms with Gasteiger partial charge in [-0.05, 0) is 43.5 Å². The van der Waals surface area contributed by atoms with Gasteiger partial charge in [0.05, 0.1) is 11.9 Å². The number of hydrogen-bond donors (Lipinski definition) is 4. The molecule has 0 saturated carbocycles. The second-order valence-corrected chi connectivity index (χ2v) is 7.12. The van der Waals surface area contributed by atoms with E-state index in [1.807, 2.05) is 26.0 Å². The van der Waals surface area contributed by atoms with Gasteiger partial charge in [0.1, 0.15) is 11.9 Å². The molecule has 0 aliphatic rings. The van der Waals surface area contributed by atoms with Crippen molar-refractivity contribution >= 4 is 41.0 Å². The average molecular weight is 425 g/mol. The van der Waals surface area contributed by atoms with E-state index in [-0.39, 0.29) is 17.4 Å². The summed E-state index contributed by atoms with van der Waals surface area (Å²) >= 11 is 0. The van der Waals surface area contributed by atoms with Gasteiger partial charge in [0.15, 0.2) is 11.5 Å². The molecule has 164 valence electrons. The first-order valence-corrected chi connectivity index (χ1v) is 9.75. The maximum absolute atomic E-state index is 11.8. The Balaban J connectivity index is 2.30. The Morgan fingerprint density at radius 1 is 1.26 bits per heavy atom. The Morgan fingerprint density at radius 2 is 1.94 bits per heavy atom. The summed E-state index contributed by atoms with van der Waals surface area (Å²) in [6.07, 6.45) is 5.11. The summed E-state index contributed by atoms with van der Waals surface area (Å²) in [7, 11) is 0. The van der Waals surface area contributed by atoms with Gasteiger partial charge >= 0.3 is 0 Å². The molecule has 1 atom stereocenters. The van der Waals surface area contributed by atoms with Crippen LogP contribution in [0.3, 0.4) is 0 Å². The lowest BCUT2D eigenvalue weighted by Gasteiger charge is -2.19. The monoisotopic (exact) mass is 424 g/mol. The summed E-state index contributed by atoms with van der Waals surface area (Å²) in [5, 5.41) is 11.8. The summed E-state index contributed by atoms with van der Waals surface area (Å²) in [5.41, 5.74) is 12.3. The van der Waals surface area contributed by atoms with Crippen molar-refractivity contribution in [1.82, 2.24) is 9.97 Å². The van der Waals surface area contributed by atoms with Crippen LogP contribution in [0.25, 0.3) is 0 Å². The van der Waals surface area contributed by atoms with Crippen LogP contribution in [0.2, 0.25) is 0 Å². The first-order valence-electron chi connectivity index (χ1n) is 9.75. The Morgan fingerprint density at radius 3 is 2.45 bits per heavy atom. The van der Waals surface area contributed by atoms with Gasteiger partial charge < -0.3 is 22.1 Å². The number of primary amides is 2. The number of nitrogens with two attached hydrogens (primary N) is 2. The molecular weight excluding hydrogens is 396 g/mol. The Labute approximate surface area is 181 Å². The molecule has 0 bridgehead atoms. The summed E-state index contributed by atoms with van der Waals surface area (Å²) in [5.74, 6) is -0.539. The number of benzene rings is 1. The lowest BCUT2D eigenvalue weighted by atomic mass is 10.0. The number of nitrogens with one attached hydrogen (secondary N) is 2. The highest BCUT2D eigenvalue weighted by molar-refractivity contribution is 5.96. The van der Waals surface area contributed by atoms with Crippen molar-refractivity contribution in [2.75, 3.05) is 15.6 Å². The van der Waals surface area contributed by atoms with Crippen LogP contribution in [0.5, 0.6) is 0 Å². The maximum atomic E-state index is 11.8. The number of aromatic nitrogens is 2. The van der Waals surface area contributed by atoms with Crippen molar-refractivity contribution in [3.63, 3.8) is 0 Å². The fraction of sp³-hybridized carbons (Fsp3) is 0.286. The molecule has 1 heterocycles. The second-order valence-electron chi connectivity index (χ2n) is 7.12. The SMILES string of the molecule is C=CN(N=CC)c1ccc(Nc2nc(NC(CC(C)C)C(N)=O)cnc2C(N)=O)cc1. The van der Waals surface area contributed by atoms with E-state index in [4.69, 9.17) is 11.5 Å². The number of hydrazone groups is 1. The highest BCUT2D eigenvalue weighted by Gasteiger charge is 2.19. The lowest BCUT2D eigenvalue weighted by molar-refractivity contribution is -0.119. The van der Waals surface area contributed by atoms with Crippen LogP contribution in [0.15, 0.2) is 48.3 Å². The topological polar surface area (TPSA) is 152 Å². The molecule has 0 aliphatic heterocycles. The molecule has 0 aliphatic carbocycles. The highest BCUT2D eigenvalue weighted by atomic mass is 16.1. The van der Waals surface area contributed by atoms with E-state index in [2.05, 4.69) is 32.3 Å². The highest BCUT2D eigenvalue weighted by Crippen LogP contribution is 2.23. The predicted octanol–water partition coefficient (Wildman–Crippen LogP) is 2.59. The number of anilines is 4. The summed E-state index contributed by atoms with van der Waals surface area (Å²) in [4.78, 5) is 32.0. The van der Waals surface area contributed by atoms with Crippen LogP contribution < -0.4 is 27.1 Å². The minimum absolute atomic E-state index is 0.0302. The van der Waals surface area contributed by atoms with Gasteiger partial charge in [-0.3, -0.25) is 9.59 Å². The van der Waals surface area contributed by atoms with E-state index < -0.39 is 17.9 Å². The lowest BCUT2D eigenvalue weighted by Crippen LogP contribution is -2.37. The normalized spacial score (nSPS) is 11.9. The first-order chi connectivity index (χ1) is 14.7. The molecule has 0 spiro atoms. The second kappa shape index (κ2) is 10.7. The largest absolute Gasteiger partial charge is 0.368 e. The summed E-state index contributed by atoms with van der Waals surface area (Å²) in [6.45, 7) is 9.50. The molecule has 2 rings (SSSR count). The van der Waals surface area contributed by atoms with E-state index in [0.29, 0.717) is 17.9 Å². The third-order valence-electron chi connectivity index (χ3n) is 4.19. The molecule has 0 fully saturated rings. The Hall–Kier alpha value is -3.95. The van der Waals surface area contributed by atoms with E-state index in [9.17, 15) is 9.59 Å². The van der Waals surface area contributed by atoms with Gasteiger partial charge in [-0.25, -0.2) is 15.0 Å².